The average Bonchev–Trinajstić information content (AvgIpc) is 3.19. The average molecular weight is 311 g/mol. The van der Waals surface area contributed by atoms with E-state index in [0.29, 0.717) is 12.3 Å². The molecule has 1 amide bonds. The van der Waals surface area contributed by atoms with E-state index in [1.165, 1.54) is 10.9 Å². The molecule has 2 heterocycles. The van der Waals surface area contributed by atoms with Crippen molar-refractivity contribution < 1.29 is 9.21 Å². The molecule has 1 aromatic carbocycles. The van der Waals surface area contributed by atoms with Crippen LogP contribution in [0.3, 0.4) is 0 Å². The van der Waals surface area contributed by atoms with Crippen LogP contribution in [-0.2, 0) is 13.0 Å². The molecule has 23 heavy (non-hydrogen) atoms. The Labute approximate surface area is 135 Å². The highest BCUT2D eigenvalue weighted by Crippen LogP contribution is 2.17. The zero-order valence-electron chi connectivity index (χ0n) is 13.5. The zero-order chi connectivity index (χ0) is 16.2. The number of carbonyl (C=O) groups is 1. The monoisotopic (exact) mass is 311 g/mol. The number of aromatic nitrogens is 2. The first-order valence-corrected chi connectivity index (χ1v) is 7.97. The van der Waals surface area contributed by atoms with Crippen molar-refractivity contribution in [2.24, 2.45) is 0 Å². The van der Waals surface area contributed by atoms with Crippen molar-refractivity contribution in [3.63, 3.8) is 0 Å². The highest BCUT2D eigenvalue weighted by molar-refractivity contribution is 5.91. The summed E-state index contributed by atoms with van der Waals surface area (Å²) in [6.45, 7) is 5.44. The number of furan rings is 1. The van der Waals surface area contributed by atoms with Crippen LogP contribution in [0.2, 0.25) is 0 Å². The largest absolute Gasteiger partial charge is 0.456 e. The minimum atomic E-state index is -0.161. The van der Waals surface area contributed by atoms with E-state index in [4.69, 9.17) is 4.42 Å². The van der Waals surface area contributed by atoms with Crippen molar-refractivity contribution in [1.29, 1.82) is 0 Å². The molecule has 5 heteroatoms. The molecule has 0 radical (unpaired) electrons. The van der Waals surface area contributed by atoms with Crippen molar-refractivity contribution in [2.75, 3.05) is 6.54 Å². The molecule has 0 unspecified atom stereocenters. The summed E-state index contributed by atoms with van der Waals surface area (Å²) >= 11 is 0. The normalized spacial score (nSPS) is 11.0. The van der Waals surface area contributed by atoms with Crippen molar-refractivity contribution in [1.82, 2.24) is 15.1 Å². The van der Waals surface area contributed by atoms with Crippen LogP contribution in [0, 0.1) is 6.92 Å². The number of hydrogen-bond donors (Lipinski definition) is 1. The van der Waals surface area contributed by atoms with Gasteiger partial charge in [0.1, 0.15) is 5.76 Å². The first-order valence-electron chi connectivity index (χ1n) is 7.97. The number of nitrogens with zero attached hydrogens (tertiary/aromatic N) is 2. The maximum absolute atomic E-state index is 12.0. The molecule has 5 nitrogen and oxygen atoms in total. The second kappa shape index (κ2) is 6.69. The van der Waals surface area contributed by atoms with Crippen LogP contribution in [0.25, 0.3) is 10.9 Å². The van der Waals surface area contributed by atoms with E-state index < -0.39 is 0 Å². The predicted molar refractivity (Wildman–Crippen MR) is 89.5 cm³/mol. The summed E-state index contributed by atoms with van der Waals surface area (Å²) in [7, 11) is 0. The first-order chi connectivity index (χ1) is 11.2. The molecule has 0 saturated heterocycles. The van der Waals surface area contributed by atoms with E-state index in [2.05, 4.69) is 29.5 Å². The fourth-order valence-corrected chi connectivity index (χ4v) is 2.63. The van der Waals surface area contributed by atoms with Crippen LogP contribution in [0.1, 0.15) is 35.2 Å². The molecule has 3 aromatic rings. The lowest BCUT2D eigenvalue weighted by molar-refractivity contribution is 0.0923. The molecule has 0 fully saturated rings. The van der Waals surface area contributed by atoms with E-state index in [0.717, 1.165) is 30.7 Å². The van der Waals surface area contributed by atoms with Gasteiger partial charge in [-0.25, -0.2) is 0 Å². The van der Waals surface area contributed by atoms with Gasteiger partial charge in [0.2, 0.25) is 0 Å². The topological polar surface area (TPSA) is 60.1 Å². The molecule has 120 valence electrons. The molecule has 3 rings (SSSR count). The standard InChI is InChI=1S/C18H21N3O2/c1-3-14-8-9-17(23-14)18(22)19-10-5-11-21-16-7-4-6-13(2)15(16)12-20-21/h4,6-9,12H,3,5,10-11H2,1-2H3,(H,19,22). The SMILES string of the molecule is CCc1ccc(C(=O)NCCCn2ncc3c(C)cccc32)o1. The third kappa shape index (κ3) is 3.28. The van der Waals surface area contributed by atoms with Gasteiger partial charge >= 0.3 is 0 Å². The summed E-state index contributed by atoms with van der Waals surface area (Å²) in [6.07, 6.45) is 3.51. The van der Waals surface area contributed by atoms with Gasteiger partial charge in [0, 0.05) is 24.9 Å². The van der Waals surface area contributed by atoms with E-state index in [1.54, 1.807) is 6.07 Å². The van der Waals surface area contributed by atoms with Gasteiger partial charge in [0.05, 0.1) is 11.7 Å². The Morgan fingerprint density at radius 1 is 1.30 bits per heavy atom. The molecular weight excluding hydrogens is 290 g/mol. The molecule has 0 aliphatic carbocycles. The van der Waals surface area contributed by atoms with Gasteiger partial charge in [-0.2, -0.15) is 5.10 Å². The summed E-state index contributed by atoms with van der Waals surface area (Å²) in [5.41, 5.74) is 2.36. The van der Waals surface area contributed by atoms with E-state index >= 15 is 0 Å². The summed E-state index contributed by atoms with van der Waals surface area (Å²) in [4.78, 5) is 12.0. The Morgan fingerprint density at radius 3 is 2.96 bits per heavy atom. The van der Waals surface area contributed by atoms with Crippen molar-refractivity contribution in [2.45, 2.75) is 33.2 Å². The number of carbonyl (C=O) groups excluding carboxylic acids is 1. The van der Waals surface area contributed by atoms with E-state index in [-0.39, 0.29) is 5.91 Å². The molecular formula is C18H21N3O2. The van der Waals surface area contributed by atoms with Crippen LogP contribution in [0.4, 0.5) is 0 Å². The highest BCUT2D eigenvalue weighted by Gasteiger charge is 2.10. The lowest BCUT2D eigenvalue weighted by Crippen LogP contribution is -2.24. The van der Waals surface area contributed by atoms with Gasteiger partial charge in [-0.1, -0.05) is 19.1 Å². The first kappa shape index (κ1) is 15.3. The predicted octanol–water partition coefficient (Wildman–Crippen LogP) is 3.32. The fraction of sp³-hybridized carbons (Fsp3) is 0.333. The number of aryl methyl sites for hydroxylation is 3. The highest BCUT2D eigenvalue weighted by atomic mass is 16.3. The van der Waals surface area contributed by atoms with Crippen LogP contribution < -0.4 is 5.32 Å². The van der Waals surface area contributed by atoms with Crippen LogP contribution >= 0.6 is 0 Å². The van der Waals surface area contributed by atoms with Gasteiger partial charge in [-0.3, -0.25) is 9.48 Å². The van der Waals surface area contributed by atoms with Gasteiger partial charge in [-0.05, 0) is 37.1 Å². The Balaban J connectivity index is 1.53. The number of rotatable bonds is 6. The van der Waals surface area contributed by atoms with Crippen LogP contribution in [0.15, 0.2) is 40.9 Å². The minimum Gasteiger partial charge on any atom is -0.456 e. The molecule has 0 aliphatic rings. The van der Waals surface area contributed by atoms with E-state index in [9.17, 15) is 4.79 Å². The van der Waals surface area contributed by atoms with Crippen molar-refractivity contribution >= 4 is 16.8 Å². The van der Waals surface area contributed by atoms with Gasteiger partial charge in [0.25, 0.3) is 5.91 Å². The summed E-state index contributed by atoms with van der Waals surface area (Å²) in [5, 5.41) is 8.50. The Morgan fingerprint density at radius 2 is 2.17 bits per heavy atom. The van der Waals surface area contributed by atoms with Gasteiger partial charge in [0.15, 0.2) is 5.76 Å². The third-order valence-electron chi connectivity index (χ3n) is 3.97. The van der Waals surface area contributed by atoms with Crippen molar-refractivity contribution in [3.8, 4) is 0 Å². The second-order valence-electron chi connectivity index (χ2n) is 5.60. The number of hydrogen-bond acceptors (Lipinski definition) is 3. The summed E-state index contributed by atoms with van der Waals surface area (Å²) in [5.74, 6) is 1.04. The lowest BCUT2D eigenvalue weighted by atomic mass is 10.1. The molecule has 0 aliphatic heterocycles. The third-order valence-corrected chi connectivity index (χ3v) is 3.97. The Bertz CT molecular complexity index is 817. The molecule has 1 N–H and O–H groups in total. The lowest BCUT2D eigenvalue weighted by Gasteiger charge is -2.05. The number of fused-ring (bicyclic) bond motifs is 1. The number of benzene rings is 1. The van der Waals surface area contributed by atoms with Crippen molar-refractivity contribution in [3.05, 3.63) is 53.6 Å². The maximum atomic E-state index is 12.0. The number of amides is 1. The minimum absolute atomic E-state index is 0.161. The van der Waals surface area contributed by atoms with E-state index in [1.807, 2.05) is 29.9 Å². The van der Waals surface area contributed by atoms with Gasteiger partial charge < -0.3 is 9.73 Å². The zero-order valence-corrected chi connectivity index (χ0v) is 13.5. The molecule has 0 saturated carbocycles. The van der Waals surface area contributed by atoms with Gasteiger partial charge in [-0.15, -0.1) is 0 Å². The molecule has 0 atom stereocenters. The van der Waals surface area contributed by atoms with Crippen LogP contribution in [-0.4, -0.2) is 22.2 Å². The smallest absolute Gasteiger partial charge is 0.286 e. The summed E-state index contributed by atoms with van der Waals surface area (Å²) < 4.78 is 7.42. The second-order valence-corrected chi connectivity index (χ2v) is 5.60. The molecule has 2 aromatic heterocycles. The molecule has 0 spiro atoms. The maximum Gasteiger partial charge on any atom is 0.286 e. The summed E-state index contributed by atoms with van der Waals surface area (Å²) in [6, 6.07) is 9.76. The Hall–Kier alpha value is -2.56. The fourth-order valence-electron chi connectivity index (χ4n) is 2.63. The quantitative estimate of drug-likeness (QED) is 0.710. The van der Waals surface area contributed by atoms with Crippen LogP contribution in [0.5, 0.6) is 0 Å². The Kier molecular flexibility index (Phi) is 4.46. The molecule has 0 bridgehead atoms. The number of nitrogens with one attached hydrogen (secondary N) is 1.